The molecule has 0 saturated heterocycles. The molecule has 0 amide bonds. The summed E-state index contributed by atoms with van der Waals surface area (Å²) in [6.45, 7) is 0.349. The van der Waals surface area contributed by atoms with Crippen LogP contribution in [0, 0.1) is 0 Å². The fourth-order valence-corrected chi connectivity index (χ4v) is 2.59. The average Bonchev–Trinajstić information content (AvgIpc) is 3.05. The number of rotatable bonds is 4. The topological polar surface area (TPSA) is 73.8 Å². The number of pyridine rings is 1. The summed E-state index contributed by atoms with van der Waals surface area (Å²) in [7, 11) is 0. The number of hydrogen-bond acceptors (Lipinski definition) is 5. The van der Waals surface area contributed by atoms with Crippen LogP contribution in [-0.4, -0.2) is 19.5 Å². The second-order valence-corrected chi connectivity index (χ2v) is 5.47. The molecular weight excluding hydrogens is 304 g/mol. The van der Waals surface area contributed by atoms with Gasteiger partial charge in [-0.3, -0.25) is 4.79 Å². The van der Waals surface area contributed by atoms with Crippen LogP contribution in [0.1, 0.15) is 17.1 Å². The lowest BCUT2D eigenvalue weighted by molar-refractivity contribution is 0.506. The standard InChI is InChI=1S/C18H14N4O2/c23-18-15-9-19-12-20-16(15)6-7-22(18)10-14-11-24-17(21-14)8-13-4-2-1-3-5-13/h1-7,9,11-12H,8,10H2. The molecule has 0 aliphatic rings. The molecule has 0 radical (unpaired) electrons. The van der Waals surface area contributed by atoms with E-state index in [4.69, 9.17) is 4.42 Å². The zero-order chi connectivity index (χ0) is 16.4. The first-order valence-electron chi connectivity index (χ1n) is 7.56. The smallest absolute Gasteiger partial charge is 0.261 e. The Bertz CT molecular complexity index is 1040. The Morgan fingerprint density at radius 2 is 2.00 bits per heavy atom. The lowest BCUT2D eigenvalue weighted by Crippen LogP contribution is -2.20. The molecule has 24 heavy (non-hydrogen) atoms. The van der Waals surface area contributed by atoms with Crippen LogP contribution in [0.5, 0.6) is 0 Å². The van der Waals surface area contributed by atoms with E-state index in [2.05, 4.69) is 15.0 Å². The van der Waals surface area contributed by atoms with Gasteiger partial charge in [0.25, 0.3) is 5.56 Å². The summed E-state index contributed by atoms with van der Waals surface area (Å²) in [6.07, 6.45) is 6.89. The van der Waals surface area contributed by atoms with Crippen LogP contribution < -0.4 is 5.56 Å². The number of oxazole rings is 1. The Kier molecular flexibility index (Phi) is 3.63. The number of aromatic nitrogens is 4. The molecule has 0 spiro atoms. The van der Waals surface area contributed by atoms with Gasteiger partial charge in [-0.2, -0.15) is 0 Å². The maximum Gasteiger partial charge on any atom is 0.261 e. The highest BCUT2D eigenvalue weighted by Crippen LogP contribution is 2.10. The van der Waals surface area contributed by atoms with E-state index >= 15 is 0 Å². The molecule has 6 heteroatoms. The van der Waals surface area contributed by atoms with Crippen LogP contribution >= 0.6 is 0 Å². The minimum absolute atomic E-state index is 0.138. The summed E-state index contributed by atoms with van der Waals surface area (Å²) in [6, 6.07) is 11.8. The zero-order valence-electron chi connectivity index (χ0n) is 12.8. The normalized spacial score (nSPS) is 11.0. The molecule has 118 valence electrons. The van der Waals surface area contributed by atoms with Gasteiger partial charge >= 0.3 is 0 Å². The van der Waals surface area contributed by atoms with Gasteiger partial charge in [-0.15, -0.1) is 0 Å². The van der Waals surface area contributed by atoms with Gasteiger partial charge < -0.3 is 8.98 Å². The Morgan fingerprint density at radius 3 is 2.88 bits per heavy atom. The van der Waals surface area contributed by atoms with Gasteiger partial charge in [-0.1, -0.05) is 30.3 Å². The highest BCUT2D eigenvalue weighted by atomic mass is 16.3. The molecule has 4 aromatic rings. The summed E-state index contributed by atoms with van der Waals surface area (Å²) in [5.41, 5.74) is 2.34. The highest BCUT2D eigenvalue weighted by Gasteiger charge is 2.08. The SMILES string of the molecule is O=c1c2cncnc2ccn1Cc1coc(Cc2ccccc2)n1. The summed E-state index contributed by atoms with van der Waals surface area (Å²) >= 11 is 0. The predicted octanol–water partition coefficient (Wildman–Crippen LogP) is 2.42. The van der Waals surface area contributed by atoms with E-state index in [1.807, 2.05) is 30.3 Å². The van der Waals surface area contributed by atoms with E-state index < -0.39 is 0 Å². The fourth-order valence-electron chi connectivity index (χ4n) is 2.59. The summed E-state index contributed by atoms with van der Waals surface area (Å²) in [5.74, 6) is 0.633. The average molecular weight is 318 g/mol. The van der Waals surface area contributed by atoms with Crippen LogP contribution in [0.2, 0.25) is 0 Å². The van der Waals surface area contributed by atoms with Crippen molar-refractivity contribution in [2.45, 2.75) is 13.0 Å². The second-order valence-electron chi connectivity index (χ2n) is 5.47. The molecule has 0 saturated carbocycles. The van der Waals surface area contributed by atoms with E-state index in [1.165, 1.54) is 12.5 Å². The van der Waals surface area contributed by atoms with Gasteiger partial charge in [-0.25, -0.2) is 15.0 Å². The van der Waals surface area contributed by atoms with E-state index in [-0.39, 0.29) is 5.56 Å². The molecule has 0 aliphatic carbocycles. The van der Waals surface area contributed by atoms with Crippen LogP contribution in [-0.2, 0) is 13.0 Å². The molecule has 1 aromatic carbocycles. The molecule has 0 aliphatic heterocycles. The van der Waals surface area contributed by atoms with Gasteiger partial charge in [-0.05, 0) is 11.6 Å². The van der Waals surface area contributed by atoms with Crippen molar-refractivity contribution >= 4 is 10.9 Å². The highest BCUT2D eigenvalue weighted by molar-refractivity contribution is 5.75. The number of nitrogens with zero attached hydrogens (tertiary/aromatic N) is 4. The first-order chi connectivity index (χ1) is 11.8. The first kappa shape index (κ1) is 14.3. The molecule has 3 heterocycles. The van der Waals surface area contributed by atoms with E-state index in [9.17, 15) is 4.79 Å². The maximum absolute atomic E-state index is 12.5. The quantitative estimate of drug-likeness (QED) is 0.578. The van der Waals surface area contributed by atoms with Crippen molar-refractivity contribution in [3.8, 4) is 0 Å². The number of benzene rings is 1. The van der Waals surface area contributed by atoms with E-state index in [1.54, 1.807) is 23.1 Å². The Balaban J connectivity index is 1.58. The minimum atomic E-state index is -0.138. The van der Waals surface area contributed by atoms with E-state index in [0.29, 0.717) is 35.5 Å². The van der Waals surface area contributed by atoms with Crippen molar-refractivity contribution in [2.24, 2.45) is 0 Å². The Hall–Kier alpha value is -3.28. The molecule has 6 nitrogen and oxygen atoms in total. The molecular formula is C18H14N4O2. The third kappa shape index (κ3) is 2.81. The molecule has 0 bridgehead atoms. The zero-order valence-corrected chi connectivity index (χ0v) is 12.8. The van der Waals surface area contributed by atoms with Crippen molar-refractivity contribution in [2.75, 3.05) is 0 Å². The first-order valence-corrected chi connectivity index (χ1v) is 7.56. The Morgan fingerprint density at radius 1 is 1.12 bits per heavy atom. The number of fused-ring (bicyclic) bond motifs is 1. The van der Waals surface area contributed by atoms with Crippen molar-refractivity contribution < 1.29 is 4.42 Å². The van der Waals surface area contributed by atoms with Crippen LogP contribution in [0.25, 0.3) is 10.9 Å². The van der Waals surface area contributed by atoms with Gasteiger partial charge in [0.05, 0.1) is 23.1 Å². The summed E-state index contributed by atoms with van der Waals surface area (Å²) < 4.78 is 7.10. The summed E-state index contributed by atoms with van der Waals surface area (Å²) in [5, 5.41) is 0.494. The van der Waals surface area contributed by atoms with E-state index in [0.717, 1.165) is 5.56 Å². The summed E-state index contributed by atoms with van der Waals surface area (Å²) in [4.78, 5) is 24.9. The predicted molar refractivity (Wildman–Crippen MR) is 88.7 cm³/mol. The molecule has 0 atom stereocenters. The van der Waals surface area contributed by atoms with Gasteiger partial charge in [0.15, 0.2) is 5.89 Å². The van der Waals surface area contributed by atoms with Crippen molar-refractivity contribution in [3.05, 3.63) is 88.9 Å². The minimum Gasteiger partial charge on any atom is -0.448 e. The number of hydrogen-bond donors (Lipinski definition) is 0. The van der Waals surface area contributed by atoms with Crippen molar-refractivity contribution in [1.82, 2.24) is 19.5 Å². The van der Waals surface area contributed by atoms with Gasteiger partial charge in [0, 0.05) is 18.8 Å². The van der Waals surface area contributed by atoms with Crippen molar-refractivity contribution in [3.63, 3.8) is 0 Å². The lowest BCUT2D eigenvalue weighted by atomic mass is 10.1. The fraction of sp³-hybridized carbons (Fsp3) is 0.111. The third-order valence-electron chi connectivity index (χ3n) is 3.78. The third-order valence-corrected chi connectivity index (χ3v) is 3.78. The molecule has 0 unspecified atom stereocenters. The molecule has 0 fully saturated rings. The molecule has 0 N–H and O–H groups in total. The van der Waals surface area contributed by atoms with Gasteiger partial charge in [0.1, 0.15) is 12.6 Å². The second kappa shape index (κ2) is 6.08. The molecule has 4 rings (SSSR count). The monoisotopic (exact) mass is 318 g/mol. The van der Waals surface area contributed by atoms with Crippen molar-refractivity contribution in [1.29, 1.82) is 0 Å². The molecule has 3 aromatic heterocycles. The largest absolute Gasteiger partial charge is 0.448 e. The van der Waals surface area contributed by atoms with Crippen LogP contribution in [0.4, 0.5) is 0 Å². The maximum atomic E-state index is 12.5. The van der Waals surface area contributed by atoms with Crippen LogP contribution in [0.15, 0.2) is 70.6 Å². The van der Waals surface area contributed by atoms with Gasteiger partial charge in [0.2, 0.25) is 0 Å². The lowest BCUT2D eigenvalue weighted by Gasteiger charge is -2.04. The Labute approximate surface area is 137 Å². The van der Waals surface area contributed by atoms with Crippen LogP contribution in [0.3, 0.4) is 0 Å².